The lowest BCUT2D eigenvalue weighted by Crippen LogP contribution is -2.33. The first kappa shape index (κ1) is 17.3. The van der Waals surface area contributed by atoms with E-state index < -0.39 is 11.7 Å². The van der Waals surface area contributed by atoms with Crippen LogP contribution in [0.1, 0.15) is 32.3 Å². The number of aliphatic hydroxyl groups is 1. The average Bonchev–Trinajstić information content (AvgIpc) is 2.41. The molecule has 0 saturated carbocycles. The summed E-state index contributed by atoms with van der Waals surface area (Å²) in [5.74, 6) is 0.432. The molecule has 6 nitrogen and oxygen atoms in total. The molecule has 118 valence electrons. The number of benzene rings is 1. The summed E-state index contributed by atoms with van der Waals surface area (Å²) >= 11 is 0. The number of carbonyl (C=O) groups excluding carboxylic acids is 1. The normalized spacial score (nSPS) is 12.6. The van der Waals surface area contributed by atoms with Crippen molar-refractivity contribution in [3.63, 3.8) is 0 Å². The van der Waals surface area contributed by atoms with Crippen LogP contribution in [0.3, 0.4) is 0 Å². The lowest BCUT2D eigenvalue weighted by molar-refractivity contribution is -0.0151. The molecule has 0 heterocycles. The number of ether oxygens (including phenoxy) is 2. The van der Waals surface area contributed by atoms with Gasteiger partial charge in [-0.25, -0.2) is 4.79 Å². The van der Waals surface area contributed by atoms with E-state index in [1.165, 1.54) is 0 Å². The van der Waals surface area contributed by atoms with Crippen molar-refractivity contribution >= 4 is 6.09 Å². The van der Waals surface area contributed by atoms with Gasteiger partial charge in [-0.1, -0.05) is 12.1 Å². The third-order valence-corrected chi connectivity index (χ3v) is 2.62. The first-order valence-electron chi connectivity index (χ1n) is 6.71. The maximum absolute atomic E-state index is 11.4. The third kappa shape index (κ3) is 6.46. The first-order valence-corrected chi connectivity index (χ1v) is 6.71. The van der Waals surface area contributed by atoms with E-state index in [4.69, 9.17) is 14.3 Å². The van der Waals surface area contributed by atoms with Gasteiger partial charge in [0.25, 0.3) is 0 Å². The van der Waals surface area contributed by atoms with Gasteiger partial charge in [-0.3, -0.25) is 4.84 Å². The Bertz CT molecular complexity index is 456. The predicted octanol–water partition coefficient (Wildman–Crippen LogP) is 2.23. The Morgan fingerprint density at radius 1 is 1.38 bits per heavy atom. The summed E-state index contributed by atoms with van der Waals surface area (Å²) in [6.07, 6.45) is -0.662. The molecule has 1 atom stereocenters. The van der Waals surface area contributed by atoms with Gasteiger partial charge in [-0.2, -0.15) is 5.48 Å². The van der Waals surface area contributed by atoms with Crippen LogP contribution in [0.4, 0.5) is 4.79 Å². The first-order chi connectivity index (χ1) is 9.85. The second-order valence-corrected chi connectivity index (χ2v) is 5.57. The molecular formula is C15H23NO5. The Hall–Kier alpha value is -1.79. The summed E-state index contributed by atoms with van der Waals surface area (Å²) in [7, 11) is 1.58. The molecule has 0 fully saturated rings. The van der Waals surface area contributed by atoms with E-state index in [1.54, 1.807) is 27.9 Å². The molecule has 0 saturated heterocycles. The lowest BCUT2D eigenvalue weighted by Gasteiger charge is -2.20. The molecule has 0 aromatic heterocycles. The largest absolute Gasteiger partial charge is 0.497 e. The molecule has 0 aliphatic rings. The maximum atomic E-state index is 11.4. The third-order valence-electron chi connectivity index (χ3n) is 2.62. The fourth-order valence-electron chi connectivity index (χ4n) is 1.65. The number of nitrogens with one attached hydrogen (secondary N) is 1. The van der Waals surface area contributed by atoms with E-state index in [1.807, 2.05) is 24.3 Å². The Kier molecular flexibility index (Phi) is 6.45. The monoisotopic (exact) mass is 297 g/mol. The summed E-state index contributed by atoms with van der Waals surface area (Å²) in [6.45, 7) is 5.31. The van der Waals surface area contributed by atoms with Gasteiger partial charge >= 0.3 is 6.09 Å². The van der Waals surface area contributed by atoms with Crippen molar-refractivity contribution in [1.82, 2.24) is 5.48 Å². The number of carbonyl (C=O) groups is 1. The number of rotatable bonds is 6. The molecule has 1 aromatic carbocycles. The molecule has 0 aliphatic heterocycles. The lowest BCUT2D eigenvalue weighted by atomic mass is 10.0. The molecule has 0 spiro atoms. The molecular weight excluding hydrogens is 274 g/mol. The minimum absolute atomic E-state index is 0.108. The summed E-state index contributed by atoms with van der Waals surface area (Å²) in [5, 5.41) is 9.43. The summed E-state index contributed by atoms with van der Waals surface area (Å²) < 4.78 is 10.2. The number of methoxy groups -OCH3 is 1. The van der Waals surface area contributed by atoms with Crippen LogP contribution >= 0.6 is 0 Å². The summed E-state index contributed by atoms with van der Waals surface area (Å²) in [5.41, 5.74) is 2.48. The van der Waals surface area contributed by atoms with Crippen LogP contribution in [0, 0.1) is 0 Å². The van der Waals surface area contributed by atoms with E-state index in [0.717, 1.165) is 5.56 Å². The fraction of sp³-hybridized carbons (Fsp3) is 0.533. The van der Waals surface area contributed by atoms with Gasteiger partial charge in [-0.15, -0.1) is 0 Å². The van der Waals surface area contributed by atoms with Gasteiger partial charge in [0.15, 0.2) is 0 Å². The van der Waals surface area contributed by atoms with E-state index >= 15 is 0 Å². The molecule has 2 N–H and O–H groups in total. The molecule has 0 bridgehead atoms. The zero-order valence-electron chi connectivity index (χ0n) is 12.9. The quantitative estimate of drug-likeness (QED) is 0.787. The highest BCUT2D eigenvalue weighted by atomic mass is 16.7. The number of aliphatic hydroxyl groups excluding tert-OH is 1. The zero-order chi connectivity index (χ0) is 15.9. The van der Waals surface area contributed by atoms with Crippen LogP contribution in [0.5, 0.6) is 5.75 Å². The van der Waals surface area contributed by atoms with Crippen LogP contribution in [-0.2, 0) is 9.57 Å². The maximum Gasteiger partial charge on any atom is 0.431 e. The van der Waals surface area contributed by atoms with E-state index in [9.17, 15) is 9.90 Å². The molecule has 6 heteroatoms. The summed E-state index contributed by atoms with van der Waals surface area (Å²) in [6, 6.07) is 7.33. The van der Waals surface area contributed by atoms with Crippen LogP contribution in [0.25, 0.3) is 0 Å². The fourth-order valence-corrected chi connectivity index (χ4v) is 1.65. The van der Waals surface area contributed by atoms with Gasteiger partial charge in [0, 0.05) is 5.92 Å². The predicted molar refractivity (Wildman–Crippen MR) is 78.1 cm³/mol. The smallest absolute Gasteiger partial charge is 0.431 e. The van der Waals surface area contributed by atoms with Crippen molar-refractivity contribution in [3.05, 3.63) is 29.8 Å². The SMILES string of the molecule is COc1cccc(C(CO)CONC(=O)OC(C)(C)C)c1. The Morgan fingerprint density at radius 2 is 2.10 bits per heavy atom. The number of hydrogen-bond acceptors (Lipinski definition) is 5. The number of amides is 1. The topological polar surface area (TPSA) is 77.0 Å². The van der Waals surface area contributed by atoms with Crippen LogP contribution in [0.2, 0.25) is 0 Å². The van der Waals surface area contributed by atoms with E-state index in [-0.39, 0.29) is 19.1 Å². The van der Waals surface area contributed by atoms with Crippen molar-refractivity contribution in [3.8, 4) is 5.75 Å². The van der Waals surface area contributed by atoms with E-state index in [0.29, 0.717) is 5.75 Å². The van der Waals surface area contributed by atoms with Gasteiger partial charge in [0.2, 0.25) is 0 Å². The zero-order valence-corrected chi connectivity index (χ0v) is 12.9. The van der Waals surface area contributed by atoms with Crippen molar-refractivity contribution in [1.29, 1.82) is 0 Å². The molecule has 1 aromatic rings. The standard InChI is InChI=1S/C15H23NO5/c1-15(2,3)21-14(18)16-20-10-12(9-17)11-6-5-7-13(8-11)19-4/h5-8,12,17H,9-10H2,1-4H3,(H,16,18). The van der Waals surface area contributed by atoms with Gasteiger partial charge in [0.1, 0.15) is 11.4 Å². The van der Waals surface area contributed by atoms with Gasteiger partial charge in [-0.05, 0) is 38.5 Å². The minimum Gasteiger partial charge on any atom is -0.497 e. The number of hydroxylamine groups is 1. The molecule has 21 heavy (non-hydrogen) atoms. The second-order valence-electron chi connectivity index (χ2n) is 5.57. The van der Waals surface area contributed by atoms with Crippen LogP contribution in [-0.4, -0.2) is 37.1 Å². The van der Waals surface area contributed by atoms with Crippen molar-refractivity contribution in [2.75, 3.05) is 20.3 Å². The van der Waals surface area contributed by atoms with E-state index in [2.05, 4.69) is 5.48 Å². The number of hydrogen-bond donors (Lipinski definition) is 2. The van der Waals surface area contributed by atoms with Crippen molar-refractivity contribution in [2.45, 2.75) is 32.3 Å². The van der Waals surface area contributed by atoms with Crippen LogP contribution < -0.4 is 10.2 Å². The van der Waals surface area contributed by atoms with Crippen LogP contribution in [0.15, 0.2) is 24.3 Å². The molecule has 0 radical (unpaired) electrons. The van der Waals surface area contributed by atoms with Gasteiger partial charge in [0.05, 0.1) is 20.3 Å². The Labute approximate surface area is 125 Å². The molecule has 1 rings (SSSR count). The highest BCUT2D eigenvalue weighted by molar-refractivity contribution is 5.66. The van der Waals surface area contributed by atoms with Crippen molar-refractivity contribution < 1.29 is 24.2 Å². The average molecular weight is 297 g/mol. The molecule has 0 aliphatic carbocycles. The molecule has 1 unspecified atom stereocenters. The summed E-state index contributed by atoms with van der Waals surface area (Å²) in [4.78, 5) is 16.5. The van der Waals surface area contributed by atoms with Gasteiger partial charge < -0.3 is 14.6 Å². The highest BCUT2D eigenvalue weighted by Gasteiger charge is 2.17. The van der Waals surface area contributed by atoms with Crippen molar-refractivity contribution in [2.24, 2.45) is 0 Å². The second kappa shape index (κ2) is 7.85. The highest BCUT2D eigenvalue weighted by Crippen LogP contribution is 2.20. The molecule has 1 amide bonds. The Balaban J connectivity index is 2.49. The minimum atomic E-state index is -0.662. The Morgan fingerprint density at radius 3 is 2.67 bits per heavy atom.